The fraction of sp³-hybridized carbons (Fsp3) is 0.292. The number of thiophene rings is 1. The molecule has 0 bridgehead atoms. The average molecular weight is 473 g/mol. The third-order valence-corrected chi connectivity index (χ3v) is 8.53. The fourth-order valence-corrected chi connectivity index (χ4v) is 5.71. The maximum Gasteiger partial charge on any atom is 0.253 e. The van der Waals surface area contributed by atoms with Gasteiger partial charge < -0.3 is 4.90 Å². The van der Waals surface area contributed by atoms with Crippen LogP contribution in [0.25, 0.3) is 10.4 Å². The van der Waals surface area contributed by atoms with Crippen molar-refractivity contribution in [3.8, 4) is 10.4 Å². The SMILES string of the molecule is CCS(=O)(=O)c1ccc(C(=O)N2CCN(Cc3ccc(-c4ccccc4F)s3)CC2)cc1. The van der Waals surface area contributed by atoms with E-state index in [9.17, 15) is 17.6 Å². The van der Waals surface area contributed by atoms with Gasteiger partial charge in [0.2, 0.25) is 0 Å². The quantitative estimate of drug-likeness (QED) is 0.537. The number of carbonyl (C=O) groups excluding carboxylic acids is 1. The Bertz CT molecular complexity index is 1200. The summed E-state index contributed by atoms with van der Waals surface area (Å²) in [6.45, 7) is 5.09. The van der Waals surface area contributed by atoms with E-state index in [-0.39, 0.29) is 22.4 Å². The summed E-state index contributed by atoms with van der Waals surface area (Å²) >= 11 is 1.59. The third-order valence-electron chi connectivity index (χ3n) is 5.68. The predicted octanol–water partition coefficient (Wildman–Crippen LogP) is 4.31. The van der Waals surface area contributed by atoms with Gasteiger partial charge in [-0.15, -0.1) is 11.3 Å². The van der Waals surface area contributed by atoms with Crippen LogP contribution < -0.4 is 0 Å². The van der Waals surface area contributed by atoms with Crippen LogP contribution in [0.4, 0.5) is 4.39 Å². The summed E-state index contributed by atoms with van der Waals surface area (Å²) in [6.07, 6.45) is 0. The van der Waals surface area contributed by atoms with Gasteiger partial charge in [-0.3, -0.25) is 9.69 Å². The average Bonchev–Trinajstić information content (AvgIpc) is 3.27. The molecule has 2 aromatic carbocycles. The lowest BCUT2D eigenvalue weighted by molar-refractivity contribution is 0.0629. The van der Waals surface area contributed by atoms with Crippen molar-refractivity contribution in [2.24, 2.45) is 0 Å². The molecule has 1 aliphatic heterocycles. The number of amides is 1. The summed E-state index contributed by atoms with van der Waals surface area (Å²) in [5.74, 6) is -0.259. The number of hydrogen-bond acceptors (Lipinski definition) is 5. The van der Waals surface area contributed by atoms with Crippen LogP contribution in [0.1, 0.15) is 22.2 Å². The van der Waals surface area contributed by atoms with Crippen molar-refractivity contribution < 1.29 is 17.6 Å². The number of rotatable bonds is 6. The van der Waals surface area contributed by atoms with E-state index in [0.717, 1.165) is 29.4 Å². The van der Waals surface area contributed by atoms with Gasteiger partial charge in [0.1, 0.15) is 5.82 Å². The van der Waals surface area contributed by atoms with E-state index in [0.29, 0.717) is 24.2 Å². The number of nitrogens with zero attached hydrogens (tertiary/aromatic N) is 2. The second-order valence-electron chi connectivity index (χ2n) is 7.74. The van der Waals surface area contributed by atoms with E-state index >= 15 is 0 Å². The molecule has 1 aliphatic rings. The zero-order valence-electron chi connectivity index (χ0n) is 17.8. The fourth-order valence-electron chi connectivity index (χ4n) is 3.75. The molecule has 32 heavy (non-hydrogen) atoms. The molecule has 1 fully saturated rings. The first kappa shape index (κ1) is 22.6. The summed E-state index contributed by atoms with van der Waals surface area (Å²) < 4.78 is 37.9. The number of piperazine rings is 1. The molecule has 0 atom stereocenters. The number of carbonyl (C=O) groups is 1. The second kappa shape index (κ2) is 9.52. The van der Waals surface area contributed by atoms with Crippen molar-refractivity contribution in [2.45, 2.75) is 18.4 Å². The van der Waals surface area contributed by atoms with E-state index in [1.54, 1.807) is 47.4 Å². The molecule has 4 rings (SSSR count). The maximum absolute atomic E-state index is 14.0. The highest BCUT2D eigenvalue weighted by molar-refractivity contribution is 7.91. The van der Waals surface area contributed by atoms with Crippen LogP contribution in [0.5, 0.6) is 0 Å². The lowest BCUT2D eigenvalue weighted by atomic mass is 10.2. The van der Waals surface area contributed by atoms with Crippen LogP contribution in [-0.2, 0) is 16.4 Å². The largest absolute Gasteiger partial charge is 0.336 e. The standard InChI is InChI=1S/C24H25FN2O3S2/c1-2-32(29,30)20-10-7-18(8-11-20)24(28)27-15-13-26(14-16-27)17-19-9-12-23(31-19)21-5-3-4-6-22(21)25/h3-12H,2,13-17H2,1H3. The van der Waals surface area contributed by atoms with Crippen molar-refractivity contribution in [3.05, 3.63) is 76.9 Å². The van der Waals surface area contributed by atoms with Gasteiger partial charge in [-0.05, 0) is 42.5 Å². The summed E-state index contributed by atoms with van der Waals surface area (Å²) in [5.41, 5.74) is 1.12. The van der Waals surface area contributed by atoms with Gasteiger partial charge >= 0.3 is 0 Å². The summed E-state index contributed by atoms with van der Waals surface area (Å²) in [4.78, 5) is 19.2. The topological polar surface area (TPSA) is 57.7 Å². The van der Waals surface area contributed by atoms with Crippen LogP contribution >= 0.6 is 11.3 Å². The van der Waals surface area contributed by atoms with Gasteiger partial charge in [-0.2, -0.15) is 0 Å². The Balaban J connectivity index is 1.33. The van der Waals surface area contributed by atoms with Crippen LogP contribution in [0.3, 0.4) is 0 Å². The van der Waals surface area contributed by atoms with Crippen LogP contribution in [0.2, 0.25) is 0 Å². The zero-order valence-corrected chi connectivity index (χ0v) is 19.5. The normalized spacial score (nSPS) is 15.1. The van der Waals surface area contributed by atoms with E-state index in [4.69, 9.17) is 0 Å². The molecule has 0 unspecified atom stereocenters. The van der Waals surface area contributed by atoms with E-state index in [1.807, 2.05) is 18.2 Å². The molecule has 168 valence electrons. The van der Waals surface area contributed by atoms with Crippen LogP contribution in [0, 0.1) is 5.82 Å². The van der Waals surface area contributed by atoms with Gasteiger partial charge in [0.15, 0.2) is 9.84 Å². The van der Waals surface area contributed by atoms with E-state index < -0.39 is 9.84 Å². The molecule has 0 spiro atoms. The monoisotopic (exact) mass is 472 g/mol. The lowest BCUT2D eigenvalue weighted by Gasteiger charge is -2.34. The lowest BCUT2D eigenvalue weighted by Crippen LogP contribution is -2.48. The third kappa shape index (κ3) is 4.92. The van der Waals surface area contributed by atoms with Gasteiger partial charge in [-0.1, -0.05) is 25.1 Å². The molecule has 0 saturated carbocycles. The van der Waals surface area contributed by atoms with Crippen LogP contribution in [-0.4, -0.2) is 56.1 Å². The second-order valence-corrected chi connectivity index (χ2v) is 11.2. The first-order valence-electron chi connectivity index (χ1n) is 10.6. The van der Waals surface area contributed by atoms with Crippen molar-refractivity contribution in [3.63, 3.8) is 0 Å². The minimum atomic E-state index is -3.27. The Kier molecular flexibility index (Phi) is 6.74. The molecule has 1 amide bonds. The van der Waals surface area contributed by atoms with Gasteiger partial charge in [0, 0.05) is 53.6 Å². The summed E-state index contributed by atoms with van der Waals surface area (Å²) in [5, 5.41) is 0. The molecular formula is C24H25FN2O3S2. The van der Waals surface area contributed by atoms with Crippen LogP contribution in [0.15, 0.2) is 65.6 Å². The van der Waals surface area contributed by atoms with Gasteiger partial charge in [0.05, 0.1) is 10.6 Å². The number of halogens is 1. The first-order valence-corrected chi connectivity index (χ1v) is 13.0. The Morgan fingerprint density at radius 2 is 1.66 bits per heavy atom. The Morgan fingerprint density at radius 1 is 0.969 bits per heavy atom. The van der Waals surface area contributed by atoms with Crippen molar-refractivity contribution >= 4 is 27.1 Å². The highest BCUT2D eigenvalue weighted by Gasteiger charge is 2.23. The number of benzene rings is 2. The molecular weight excluding hydrogens is 447 g/mol. The van der Waals surface area contributed by atoms with Crippen molar-refractivity contribution in [2.75, 3.05) is 31.9 Å². The Morgan fingerprint density at radius 3 is 2.31 bits per heavy atom. The van der Waals surface area contributed by atoms with Gasteiger partial charge in [0.25, 0.3) is 5.91 Å². The molecule has 1 aromatic heterocycles. The maximum atomic E-state index is 14.0. The highest BCUT2D eigenvalue weighted by Crippen LogP contribution is 2.30. The molecule has 0 aliphatic carbocycles. The predicted molar refractivity (Wildman–Crippen MR) is 125 cm³/mol. The zero-order chi connectivity index (χ0) is 22.7. The Hall–Kier alpha value is -2.55. The van der Waals surface area contributed by atoms with Crippen molar-refractivity contribution in [1.82, 2.24) is 9.80 Å². The minimum Gasteiger partial charge on any atom is -0.336 e. The molecule has 0 radical (unpaired) electrons. The Labute approximate surface area is 192 Å². The number of sulfone groups is 1. The summed E-state index contributed by atoms with van der Waals surface area (Å²) in [6, 6.07) is 17.0. The molecule has 8 heteroatoms. The highest BCUT2D eigenvalue weighted by atomic mass is 32.2. The first-order chi connectivity index (χ1) is 15.4. The van der Waals surface area contributed by atoms with E-state index in [1.165, 1.54) is 18.2 Å². The molecule has 3 aromatic rings. The molecule has 0 N–H and O–H groups in total. The minimum absolute atomic E-state index is 0.0360. The summed E-state index contributed by atoms with van der Waals surface area (Å²) in [7, 11) is -3.27. The molecule has 2 heterocycles. The molecule has 5 nitrogen and oxygen atoms in total. The van der Waals surface area contributed by atoms with Gasteiger partial charge in [-0.25, -0.2) is 12.8 Å². The number of hydrogen-bond donors (Lipinski definition) is 0. The molecule has 1 saturated heterocycles. The van der Waals surface area contributed by atoms with Crippen molar-refractivity contribution in [1.29, 1.82) is 0 Å². The smallest absolute Gasteiger partial charge is 0.253 e. The van der Waals surface area contributed by atoms with E-state index in [2.05, 4.69) is 4.90 Å².